The smallest absolute Gasteiger partial charge is 0.337 e. The van der Waals surface area contributed by atoms with Gasteiger partial charge in [0, 0.05) is 5.56 Å². The van der Waals surface area contributed by atoms with Crippen LogP contribution >= 0.6 is 23.8 Å². The fraction of sp³-hybridized carbons (Fsp3) is 0. The molecule has 1 aromatic heterocycles. The molecule has 1 heterocycles. The zero-order valence-corrected chi connectivity index (χ0v) is 15.7. The number of fused-ring (bicyclic) bond motifs is 1. The number of H-pyrrole nitrogens is 1. The summed E-state index contributed by atoms with van der Waals surface area (Å²) in [6.07, 6.45) is 0. The van der Waals surface area contributed by atoms with Gasteiger partial charge in [-0.2, -0.15) is 0 Å². The molecule has 0 radical (unpaired) electrons. The molecule has 0 saturated carbocycles. The Morgan fingerprint density at radius 1 is 1.22 bits per heavy atom. The van der Waals surface area contributed by atoms with Crippen molar-refractivity contribution >= 4 is 62.4 Å². The van der Waals surface area contributed by atoms with Gasteiger partial charge in [-0.05, 0) is 42.5 Å². The van der Waals surface area contributed by atoms with Gasteiger partial charge in [0.25, 0.3) is 5.91 Å². The minimum Gasteiger partial charge on any atom is -0.478 e. The Balaban J connectivity index is 2.24. The molecule has 0 bridgehead atoms. The van der Waals surface area contributed by atoms with Crippen molar-refractivity contribution in [3.63, 3.8) is 0 Å². The van der Waals surface area contributed by atoms with Crippen LogP contribution in [0.1, 0.15) is 20.7 Å². The van der Waals surface area contributed by atoms with Crippen LogP contribution < -0.4 is 10.9 Å². The predicted molar refractivity (Wildman–Crippen MR) is 101 cm³/mol. The van der Waals surface area contributed by atoms with Gasteiger partial charge in [-0.1, -0.05) is 11.6 Å². The van der Waals surface area contributed by atoms with Gasteiger partial charge < -0.3 is 15.8 Å². The number of nitrogens with one attached hydrogen (secondary N) is 1. The topological polar surface area (TPSA) is 161 Å². The van der Waals surface area contributed by atoms with Gasteiger partial charge in [-0.15, -0.1) is 0 Å². The fourth-order valence-corrected chi connectivity index (χ4v) is 3.92. The minimum absolute atomic E-state index is 0.0405. The number of nitrogen functional groups attached to an aromatic ring is 1. The van der Waals surface area contributed by atoms with Gasteiger partial charge in [0.05, 0.1) is 27.3 Å². The van der Waals surface area contributed by atoms with E-state index in [1.54, 1.807) is 0 Å². The Hall–Kier alpha value is -2.73. The van der Waals surface area contributed by atoms with E-state index in [-0.39, 0.29) is 37.6 Å². The van der Waals surface area contributed by atoms with Gasteiger partial charge in [0.15, 0.2) is 4.77 Å². The number of aromatic amines is 1. The number of hydrogen-bond donors (Lipinski definition) is 4. The van der Waals surface area contributed by atoms with Crippen LogP contribution in [0.2, 0.25) is 5.02 Å². The number of halogens is 1. The molecule has 0 spiro atoms. The highest BCUT2D eigenvalue weighted by Crippen LogP contribution is 2.27. The SMILES string of the molecule is Nc1c(C(=O)O)ccc2c1[nH]c(=S)n2C(=O)c1ccc(Cl)c(S(N)(=O)=O)c1. The summed E-state index contributed by atoms with van der Waals surface area (Å²) in [6, 6.07) is 6.19. The Bertz CT molecular complexity index is 1290. The molecule has 3 rings (SSSR count). The number of carbonyl (C=O) groups excluding carboxylic acids is 1. The van der Waals surface area contributed by atoms with E-state index in [1.807, 2.05) is 0 Å². The number of aromatic carboxylic acids is 1. The van der Waals surface area contributed by atoms with E-state index in [0.717, 1.165) is 10.6 Å². The number of carboxylic acids is 1. The average molecular weight is 427 g/mol. The van der Waals surface area contributed by atoms with Crippen LogP contribution in [0.4, 0.5) is 5.69 Å². The van der Waals surface area contributed by atoms with Gasteiger partial charge >= 0.3 is 5.97 Å². The quantitative estimate of drug-likeness (QED) is 0.367. The van der Waals surface area contributed by atoms with Crippen molar-refractivity contribution in [3.8, 4) is 0 Å². The third-order valence-electron chi connectivity index (χ3n) is 3.82. The normalized spacial score (nSPS) is 11.6. The summed E-state index contributed by atoms with van der Waals surface area (Å²) in [6.45, 7) is 0. The first-order valence-electron chi connectivity index (χ1n) is 7.16. The van der Waals surface area contributed by atoms with Crippen LogP contribution in [0.25, 0.3) is 11.0 Å². The maximum absolute atomic E-state index is 12.9. The number of carboxylic acid groups (broad SMARTS) is 1. The van der Waals surface area contributed by atoms with Crippen LogP contribution in [-0.2, 0) is 10.0 Å². The van der Waals surface area contributed by atoms with Gasteiger partial charge in [0.1, 0.15) is 4.90 Å². The standard InChI is InChI=1S/C15H11ClN4O5S2/c16-8-3-1-6(5-10(8)27(18,24)25)13(21)20-9-4-2-7(14(22)23)11(17)12(9)19-15(20)26/h1-5H,17H2,(H,19,26)(H,22,23)(H2,18,24,25). The Morgan fingerprint density at radius 2 is 1.89 bits per heavy atom. The first-order valence-corrected chi connectivity index (χ1v) is 9.49. The number of anilines is 1. The number of hydrogen-bond acceptors (Lipinski definition) is 6. The molecule has 0 aliphatic heterocycles. The molecule has 0 unspecified atom stereocenters. The largest absolute Gasteiger partial charge is 0.478 e. The zero-order valence-electron chi connectivity index (χ0n) is 13.3. The lowest BCUT2D eigenvalue weighted by Gasteiger charge is -2.08. The number of nitrogens with zero attached hydrogens (tertiary/aromatic N) is 1. The summed E-state index contributed by atoms with van der Waals surface area (Å²) in [5.41, 5.74) is 5.98. The van der Waals surface area contributed by atoms with Crippen molar-refractivity contribution in [3.05, 3.63) is 51.3 Å². The van der Waals surface area contributed by atoms with Crippen molar-refractivity contribution in [2.24, 2.45) is 5.14 Å². The lowest BCUT2D eigenvalue weighted by Crippen LogP contribution is -2.16. The Labute approximate surface area is 162 Å². The molecule has 0 fully saturated rings. The molecule has 3 aromatic rings. The molecule has 0 aliphatic carbocycles. The fourth-order valence-electron chi connectivity index (χ4n) is 2.57. The van der Waals surface area contributed by atoms with Crippen molar-refractivity contribution in [2.75, 3.05) is 5.73 Å². The molecular formula is C15H11ClN4O5S2. The van der Waals surface area contributed by atoms with Gasteiger partial charge in [-0.25, -0.2) is 18.4 Å². The third kappa shape index (κ3) is 3.21. The number of sulfonamides is 1. The number of imidazole rings is 1. The molecule has 6 N–H and O–H groups in total. The molecule has 27 heavy (non-hydrogen) atoms. The lowest BCUT2D eigenvalue weighted by atomic mass is 10.1. The Morgan fingerprint density at radius 3 is 2.48 bits per heavy atom. The molecule has 12 heteroatoms. The highest BCUT2D eigenvalue weighted by Gasteiger charge is 2.21. The zero-order chi connectivity index (χ0) is 20.1. The molecule has 0 saturated heterocycles. The summed E-state index contributed by atoms with van der Waals surface area (Å²) < 4.78 is 24.3. The number of aromatic nitrogens is 2. The van der Waals surface area contributed by atoms with Crippen molar-refractivity contribution < 1.29 is 23.1 Å². The van der Waals surface area contributed by atoms with E-state index in [9.17, 15) is 18.0 Å². The molecule has 0 amide bonds. The molecule has 2 aromatic carbocycles. The van der Waals surface area contributed by atoms with Crippen molar-refractivity contribution in [2.45, 2.75) is 4.90 Å². The second-order valence-corrected chi connectivity index (χ2v) is 7.81. The van der Waals surface area contributed by atoms with E-state index >= 15 is 0 Å². The van der Waals surface area contributed by atoms with E-state index < -0.39 is 26.8 Å². The highest BCUT2D eigenvalue weighted by molar-refractivity contribution is 7.89. The molecule has 9 nitrogen and oxygen atoms in total. The summed E-state index contributed by atoms with van der Waals surface area (Å²) >= 11 is 11.0. The second-order valence-electron chi connectivity index (χ2n) is 5.49. The van der Waals surface area contributed by atoms with Crippen LogP contribution in [0, 0.1) is 4.77 Å². The van der Waals surface area contributed by atoms with E-state index in [1.165, 1.54) is 24.3 Å². The van der Waals surface area contributed by atoms with E-state index in [4.69, 9.17) is 39.8 Å². The minimum atomic E-state index is -4.15. The van der Waals surface area contributed by atoms with Crippen molar-refractivity contribution in [1.29, 1.82) is 0 Å². The van der Waals surface area contributed by atoms with Crippen LogP contribution in [-0.4, -0.2) is 35.0 Å². The summed E-state index contributed by atoms with van der Waals surface area (Å²) in [4.78, 5) is 26.4. The van der Waals surface area contributed by atoms with Gasteiger partial charge in [-0.3, -0.25) is 9.36 Å². The molecule has 140 valence electrons. The summed E-state index contributed by atoms with van der Waals surface area (Å²) in [7, 11) is -4.15. The highest BCUT2D eigenvalue weighted by atomic mass is 35.5. The maximum atomic E-state index is 12.9. The number of rotatable bonds is 3. The first kappa shape index (κ1) is 19.0. The maximum Gasteiger partial charge on any atom is 0.337 e. The monoisotopic (exact) mass is 426 g/mol. The Kier molecular flexibility index (Phi) is 4.56. The van der Waals surface area contributed by atoms with Crippen molar-refractivity contribution in [1.82, 2.24) is 9.55 Å². The molecular weight excluding hydrogens is 416 g/mol. The van der Waals surface area contributed by atoms with E-state index in [2.05, 4.69) is 4.98 Å². The molecule has 0 aliphatic rings. The van der Waals surface area contributed by atoms with Crippen LogP contribution in [0.3, 0.4) is 0 Å². The van der Waals surface area contributed by atoms with Gasteiger partial charge in [0.2, 0.25) is 10.0 Å². The van der Waals surface area contributed by atoms with Crippen LogP contribution in [0.5, 0.6) is 0 Å². The average Bonchev–Trinajstić information content (AvgIpc) is 2.90. The predicted octanol–water partition coefficient (Wildman–Crippen LogP) is 1.97. The number of nitrogens with two attached hydrogens (primary N) is 2. The van der Waals surface area contributed by atoms with E-state index in [0.29, 0.717) is 0 Å². The summed E-state index contributed by atoms with van der Waals surface area (Å²) in [5.74, 6) is -1.90. The third-order valence-corrected chi connectivity index (χ3v) is 5.49. The molecule has 0 atom stereocenters. The number of carbonyl (C=O) groups is 2. The number of primary sulfonamides is 1. The number of benzene rings is 2. The summed E-state index contributed by atoms with van der Waals surface area (Å²) in [5, 5.41) is 14.1. The second kappa shape index (κ2) is 6.46. The van der Waals surface area contributed by atoms with Crippen LogP contribution in [0.15, 0.2) is 35.2 Å². The lowest BCUT2D eigenvalue weighted by molar-refractivity contribution is 0.0698. The first-order chi connectivity index (χ1) is 12.5.